The Labute approximate surface area is 170 Å². The average molecular weight is 399 g/mol. The van der Waals surface area contributed by atoms with Crippen molar-refractivity contribution in [1.82, 2.24) is 24.4 Å². The highest BCUT2D eigenvalue weighted by molar-refractivity contribution is 5.75. The van der Waals surface area contributed by atoms with Crippen LogP contribution in [0.3, 0.4) is 0 Å². The molecule has 1 saturated carbocycles. The van der Waals surface area contributed by atoms with Crippen LogP contribution in [0.25, 0.3) is 16.7 Å². The summed E-state index contributed by atoms with van der Waals surface area (Å²) in [7, 11) is 1.76. The van der Waals surface area contributed by atoms with Gasteiger partial charge in [0, 0.05) is 38.6 Å². The molecule has 0 aromatic carbocycles. The summed E-state index contributed by atoms with van der Waals surface area (Å²) in [6.45, 7) is 3.86. The first kappa shape index (κ1) is 19.0. The van der Waals surface area contributed by atoms with Gasteiger partial charge in [0.05, 0.1) is 36.1 Å². The van der Waals surface area contributed by atoms with E-state index in [1.807, 2.05) is 24.7 Å². The molecule has 8 heteroatoms. The molecule has 0 amide bonds. The van der Waals surface area contributed by atoms with Gasteiger partial charge in [-0.2, -0.15) is 5.01 Å². The van der Waals surface area contributed by atoms with Gasteiger partial charge in [-0.25, -0.2) is 9.97 Å². The largest absolute Gasteiger partial charge is 0.613 e. The van der Waals surface area contributed by atoms with Crippen LogP contribution in [0.15, 0.2) is 24.7 Å². The summed E-state index contributed by atoms with van der Waals surface area (Å²) in [4.78, 5) is 12.4. The lowest BCUT2D eigenvalue weighted by Crippen LogP contribution is -3.18. The van der Waals surface area contributed by atoms with E-state index in [2.05, 4.69) is 26.3 Å². The zero-order valence-electron chi connectivity index (χ0n) is 17.2. The molecule has 1 saturated heterocycles. The van der Waals surface area contributed by atoms with Gasteiger partial charge in [0.25, 0.3) is 0 Å². The van der Waals surface area contributed by atoms with Crippen molar-refractivity contribution in [2.75, 3.05) is 20.2 Å². The molecule has 2 fully saturated rings. The zero-order valence-corrected chi connectivity index (χ0v) is 17.2. The number of aromatic amines is 1. The number of piperidine rings is 1. The van der Waals surface area contributed by atoms with Crippen LogP contribution in [-0.4, -0.2) is 56.7 Å². The summed E-state index contributed by atoms with van der Waals surface area (Å²) in [5, 5.41) is 15.7. The van der Waals surface area contributed by atoms with Crippen molar-refractivity contribution >= 4 is 16.7 Å². The summed E-state index contributed by atoms with van der Waals surface area (Å²) in [6.07, 6.45) is 10.9. The van der Waals surface area contributed by atoms with Crippen LogP contribution in [0.5, 0.6) is 0 Å². The van der Waals surface area contributed by atoms with E-state index < -0.39 is 0 Å². The highest BCUT2D eigenvalue weighted by atomic mass is 16.6. The van der Waals surface area contributed by atoms with Crippen molar-refractivity contribution in [1.29, 1.82) is 0 Å². The quantitative estimate of drug-likeness (QED) is 0.656. The van der Waals surface area contributed by atoms with E-state index in [1.54, 1.807) is 7.11 Å². The molecule has 5 rings (SSSR count). The fraction of sp³-hybridized carbons (Fsp3) is 0.619. The van der Waals surface area contributed by atoms with Gasteiger partial charge in [0.1, 0.15) is 11.9 Å². The number of nitrogens with zero attached hydrogens (tertiary/aromatic N) is 4. The smallest absolute Gasteiger partial charge is 0.154 e. The highest BCUT2D eigenvalue weighted by Gasteiger charge is 2.36. The third-order valence-corrected chi connectivity index (χ3v) is 7.00. The number of ether oxygens (including phenoxy) is 1. The Morgan fingerprint density at radius 3 is 2.97 bits per heavy atom. The molecule has 1 aliphatic carbocycles. The highest BCUT2D eigenvalue weighted by Crippen LogP contribution is 2.32. The minimum atomic E-state index is 0.0976. The fourth-order valence-corrected chi connectivity index (χ4v) is 5.21. The molecule has 0 radical (unpaired) electrons. The molecule has 1 unspecified atom stereocenters. The molecule has 0 bridgehead atoms. The molecule has 4 heterocycles. The number of H-pyrrole nitrogens is 1. The van der Waals surface area contributed by atoms with Crippen molar-refractivity contribution in [3.05, 3.63) is 35.7 Å². The van der Waals surface area contributed by atoms with Crippen molar-refractivity contribution < 1.29 is 9.91 Å². The van der Waals surface area contributed by atoms with Gasteiger partial charge >= 0.3 is 0 Å². The molecule has 5 atom stereocenters. The van der Waals surface area contributed by atoms with Crippen molar-refractivity contribution in [2.45, 2.75) is 57.1 Å². The first-order valence-electron chi connectivity index (χ1n) is 10.8. The third-order valence-electron chi connectivity index (χ3n) is 7.00. The summed E-state index contributed by atoms with van der Waals surface area (Å²) < 4.78 is 7.75. The molecule has 3 aromatic heterocycles. The normalized spacial score (nSPS) is 30.2. The number of aromatic nitrogens is 4. The molecule has 1 aliphatic heterocycles. The van der Waals surface area contributed by atoms with E-state index in [0.29, 0.717) is 11.1 Å². The molecular formula is C21H30N6O2. The van der Waals surface area contributed by atoms with Crippen molar-refractivity contribution in [2.24, 2.45) is 5.92 Å². The van der Waals surface area contributed by atoms with E-state index in [4.69, 9.17) is 9.72 Å². The van der Waals surface area contributed by atoms with E-state index in [1.165, 1.54) is 0 Å². The average Bonchev–Trinajstić information content (AvgIpc) is 3.40. The molecular weight excluding hydrogens is 368 g/mol. The monoisotopic (exact) mass is 398 g/mol. The number of hydrogen-bond donors (Lipinski definition) is 2. The Morgan fingerprint density at radius 2 is 2.10 bits per heavy atom. The number of nitrogens with one attached hydrogen (secondary N) is 2. The molecule has 2 N–H and O–H groups in total. The Kier molecular flexibility index (Phi) is 5.03. The standard InChI is InChI=1S/C21H30N6O2/c1-14-7-9-25(27(28)15-4-3-5-17(10-15)29-2)13-18(14)21-24-12-16-11-23-20-19(26(16)21)6-8-22-20/h6,8,11-12,14-15,17-18,22,27H,3-5,7,9-10,13H2,1-2H3/t14-,15-,17+,18+/m1/s1. The lowest BCUT2D eigenvalue weighted by atomic mass is 9.86. The molecule has 156 valence electrons. The number of rotatable bonds is 4. The van der Waals surface area contributed by atoms with Crippen LogP contribution in [0.2, 0.25) is 0 Å². The fourth-order valence-electron chi connectivity index (χ4n) is 5.21. The van der Waals surface area contributed by atoms with E-state index in [0.717, 1.165) is 67.7 Å². The number of fused-ring (bicyclic) bond motifs is 3. The predicted octanol–water partition coefficient (Wildman–Crippen LogP) is 1.89. The number of imidazole rings is 1. The number of quaternary nitrogens is 1. The van der Waals surface area contributed by atoms with E-state index in [-0.39, 0.29) is 18.1 Å². The van der Waals surface area contributed by atoms with E-state index >= 15 is 0 Å². The van der Waals surface area contributed by atoms with Gasteiger partial charge < -0.3 is 14.9 Å². The van der Waals surface area contributed by atoms with Gasteiger partial charge in [-0.3, -0.25) is 9.57 Å². The minimum absolute atomic E-state index is 0.0976. The molecule has 2 aliphatic rings. The predicted molar refractivity (Wildman–Crippen MR) is 110 cm³/mol. The van der Waals surface area contributed by atoms with Crippen LogP contribution in [-0.2, 0) is 4.74 Å². The second-order valence-electron chi connectivity index (χ2n) is 8.72. The van der Waals surface area contributed by atoms with Crippen LogP contribution in [0, 0.1) is 11.1 Å². The van der Waals surface area contributed by atoms with Crippen LogP contribution in [0.1, 0.15) is 50.8 Å². The van der Waals surface area contributed by atoms with Crippen LogP contribution in [0.4, 0.5) is 0 Å². The van der Waals surface area contributed by atoms with Gasteiger partial charge in [-0.1, -0.05) is 6.92 Å². The van der Waals surface area contributed by atoms with Gasteiger partial charge in [0.2, 0.25) is 0 Å². The second-order valence-corrected chi connectivity index (χ2v) is 8.72. The topological polar surface area (TPSA) is 85.9 Å². The van der Waals surface area contributed by atoms with E-state index in [9.17, 15) is 5.21 Å². The lowest BCUT2D eigenvalue weighted by Gasteiger charge is -2.46. The molecule has 3 aromatic rings. The Bertz CT molecular complexity index is 984. The SMILES string of the molecule is CO[C@H]1CCC[C@@H]([NH+]([O-])N2CC[C@@H](C)[C@@H](c3ncc4cnc5[nH]ccc5n34)C2)C1. The third kappa shape index (κ3) is 3.34. The molecule has 0 spiro atoms. The number of hydroxylamine groups is 1. The number of hydrogen-bond acceptors (Lipinski definition) is 5. The van der Waals surface area contributed by atoms with Gasteiger partial charge in [-0.15, -0.1) is 0 Å². The van der Waals surface area contributed by atoms with Crippen molar-refractivity contribution in [3.63, 3.8) is 0 Å². The minimum Gasteiger partial charge on any atom is -0.613 e. The number of methoxy groups -OCH3 is 1. The summed E-state index contributed by atoms with van der Waals surface area (Å²) in [5.41, 5.74) is 2.90. The maximum atomic E-state index is 13.3. The first-order valence-corrected chi connectivity index (χ1v) is 10.8. The Morgan fingerprint density at radius 1 is 1.24 bits per heavy atom. The van der Waals surface area contributed by atoms with Crippen LogP contribution < -0.4 is 5.17 Å². The molecule has 8 nitrogen and oxygen atoms in total. The Balaban J connectivity index is 1.42. The lowest BCUT2D eigenvalue weighted by molar-refractivity contribution is -0.997. The zero-order chi connectivity index (χ0) is 20.0. The second kappa shape index (κ2) is 7.68. The summed E-state index contributed by atoms with van der Waals surface area (Å²) in [6, 6.07) is 2.14. The maximum absolute atomic E-state index is 13.3. The maximum Gasteiger partial charge on any atom is 0.154 e. The van der Waals surface area contributed by atoms with Crippen molar-refractivity contribution in [3.8, 4) is 0 Å². The van der Waals surface area contributed by atoms with Crippen LogP contribution >= 0.6 is 0 Å². The Hall–Kier alpha value is -2.00. The summed E-state index contributed by atoms with van der Waals surface area (Å²) >= 11 is 0. The first-order chi connectivity index (χ1) is 14.2. The van der Waals surface area contributed by atoms with Gasteiger partial charge in [0.15, 0.2) is 5.65 Å². The molecule has 29 heavy (non-hydrogen) atoms. The summed E-state index contributed by atoms with van der Waals surface area (Å²) in [5.74, 6) is 1.73. The van der Waals surface area contributed by atoms with Gasteiger partial charge in [-0.05, 0) is 31.2 Å².